The lowest BCUT2D eigenvalue weighted by atomic mass is 9.82. The van der Waals surface area contributed by atoms with Crippen molar-refractivity contribution >= 4 is 60.8 Å². The minimum absolute atomic E-state index is 0.239. The van der Waals surface area contributed by atoms with Crippen LogP contribution in [0.1, 0.15) is 25.0 Å². The molecule has 3 heteroatoms. The highest BCUT2D eigenvalue weighted by Crippen LogP contribution is 2.52. The molecule has 0 atom stereocenters. The fourth-order valence-corrected chi connectivity index (χ4v) is 10.6. The summed E-state index contributed by atoms with van der Waals surface area (Å²) in [6.45, 7) is 4.77. The maximum absolute atomic E-state index is 6.16. The van der Waals surface area contributed by atoms with Crippen molar-refractivity contribution in [3.63, 3.8) is 0 Å². The van der Waals surface area contributed by atoms with Gasteiger partial charge in [-0.25, -0.2) is 0 Å². The van der Waals surface area contributed by atoms with Crippen LogP contribution in [0.3, 0.4) is 0 Å². The maximum atomic E-state index is 6.16. The Morgan fingerprint density at radius 2 is 0.803 bits per heavy atom. The van der Waals surface area contributed by atoms with Crippen molar-refractivity contribution < 1.29 is 4.42 Å². The van der Waals surface area contributed by atoms with Crippen LogP contribution in [0.4, 0.5) is 17.1 Å². The zero-order valence-corrected chi connectivity index (χ0v) is 36.7. The molecule has 0 saturated carbocycles. The Morgan fingerprint density at radius 3 is 1.44 bits per heavy atom. The molecule has 3 nitrogen and oxygen atoms in total. The lowest BCUT2D eigenvalue weighted by Gasteiger charge is -2.28. The summed E-state index contributed by atoms with van der Waals surface area (Å²) in [5, 5.41) is 4.82. The number of hydrogen-bond acceptors (Lipinski definition) is 2. The Kier molecular flexibility index (Phi) is 8.56. The highest BCUT2D eigenvalue weighted by atomic mass is 16.3. The number of para-hydroxylation sites is 3. The second-order valence-electron chi connectivity index (χ2n) is 18.1. The van der Waals surface area contributed by atoms with E-state index in [1.54, 1.807) is 0 Å². The Hall–Kier alpha value is -8.40. The number of fused-ring (bicyclic) bond motifs is 9. The van der Waals surface area contributed by atoms with Crippen molar-refractivity contribution in [2.75, 3.05) is 4.90 Å². The summed E-state index contributed by atoms with van der Waals surface area (Å²) in [5.74, 6) is 0. The SMILES string of the molecule is CC1(C)c2cc(N(c3ccc(-c4ccc(-c5ccccc5)cc4)cc3)c3ccc(-c4ccc5oc6ccccc6c5c4)cc3)ccc2-c2ccc(-n3c4ccccc4c4ccccc43)cc21. The minimum Gasteiger partial charge on any atom is -0.456 e. The number of aromatic nitrogens is 1. The van der Waals surface area contributed by atoms with Crippen molar-refractivity contribution in [2.45, 2.75) is 19.3 Å². The van der Waals surface area contributed by atoms with Gasteiger partial charge in [0, 0.05) is 49.7 Å². The summed E-state index contributed by atoms with van der Waals surface area (Å²) < 4.78 is 8.59. The average molecular weight is 845 g/mol. The van der Waals surface area contributed by atoms with Gasteiger partial charge < -0.3 is 13.9 Å². The number of anilines is 3. The van der Waals surface area contributed by atoms with Crippen molar-refractivity contribution in [3.05, 3.63) is 242 Å². The van der Waals surface area contributed by atoms with Gasteiger partial charge in [-0.3, -0.25) is 0 Å². The molecule has 13 rings (SSSR count). The Labute approximate surface area is 384 Å². The number of furan rings is 1. The third-order valence-corrected chi connectivity index (χ3v) is 14.0. The highest BCUT2D eigenvalue weighted by molar-refractivity contribution is 6.09. The first-order chi connectivity index (χ1) is 32.5. The van der Waals surface area contributed by atoms with E-state index < -0.39 is 0 Å². The molecule has 1 aliphatic rings. The van der Waals surface area contributed by atoms with Crippen LogP contribution in [0.15, 0.2) is 235 Å². The Balaban J connectivity index is 0.892. The number of hydrogen-bond donors (Lipinski definition) is 0. The summed E-state index contributed by atoms with van der Waals surface area (Å²) in [4.78, 5) is 2.40. The predicted molar refractivity (Wildman–Crippen MR) is 277 cm³/mol. The summed E-state index contributed by atoms with van der Waals surface area (Å²) >= 11 is 0. The number of rotatable bonds is 7. The molecule has 2 aromatic heterocycles. The van der Waals surface area contributed by atoms with E-state index in [1.165, 1.54) is 72.0 Å². The quantitative estimate of drug-likeness (QED) is 0.159. The molecule has 0 unspecified atom stereocenters. The predicted octanol–water partition coefficient (Wildman–Crippen LogP) is 17.5. The van der Waals surface area contributed by atoms with Gasteiger partial charge in [0.1, 0.15) is 11.2 Å². The standard InChI is InChI=1S/C63H44N2O/c1-63(2)57-39-49(33-35-51(57)52-36-34-50(40-58(52)63)65-59-17-9-6-14-53(59)54-15-7-10-18-60(54)65)64(47-29-24-44(25-30-47)43-22-20-42(21-23-43)41-12-4-3-5-13-41)48-31-26-45(27-32-48)46-28-37-62-56(38-46)55-16-8-11-19-61(55)66-62/h3-40H,1-2H3. The van der Waals surface area contributed by atoms with Crippen LogP contribution in [-0.2, 0) is 5.41 Å². The molecule has 0 N–H and O–H groups in total. The van der Waals surface area contributed by atoms with Crippen LogP contribution in [0, 0.1) is 0 Å². The van der Waals surface area contributed by atoms with E-state index in [-0.39, 0.29) is 5.41 Å². The van der Waals surface area contributed by atoms with Crippen LogP contribution in [0.5, 0.6) is 0 Å². The van der Waals surface area contributed by atoms with Crippen molar-refractivity contribution in [2.24, 2.45) is 0 Å². The molecule has 0 radical (unpaired) electrons. The van der Waals surface area contributed by atoms with Gasteiger partial charge in [0.2, 0.25) is 0 Å². The molecule has 312 valence electrons. The number of nitrogens with zero attached hydrogens (tertiary/aromatic N) is 2. The van der Waals surface area contributed by atoms with Crippen molar-refractivity contribution in [1.82, 2.24) is 4.57 Å². The monoisotopic (exact) mass is 844 g/mol. The van der Waals surface area contributed by atoms with Crippen LogP contribution < -0.4 is 4.90 Å². The van der Waals surface area contributed by atoms with Gasteiger partial charge in [-0.2, -0.15) is 0 Å². The zero-order chi connectivity index (χ0) is 43.9. The molecule has 0 amide bonds. The van der Waals surface area contributed by atoms with Gasteiger partial charge >= 0.3 is 0 Å². The summed E-state index contributed by atoms with van der Waals surface area (Å²) in [6.07, 6.45) is 0. The molecular formula is C63H44N2O. The molecule has 66 heavy (non-hydrogen) atoms. The first-order valence-electron chi connectivity index (χ1n) is 22.8. The van der Waals surface area contributed by atoms with E-state index >= 15 is 0 Å². The van der Waals surface area contributed by atoms with Crippen LogP contribution in [0.2, 0.25) is 0 Å². The van der Waals surface area contributed by atoms with Crippen molar-refractivity contribution in [3.8, 4) is 50.2 Å². The van der Waals surface area contributed by atoms with Crippen LogP contribution >= 0.6 is 0 Å². The Bertz CT molecular complexity index is 3760. The zero-order valence-electron chi connectivity index (χ0n) is 36.7. The van der Waals surface area contributed by atoms with E-state index in [1.807, 2.05) is 12.1 Å². The molecular weight excluding hydrogens is 801 g/mol. The van der Waals surface area contributed by atoms with Gasteiger partial charge in [-0.1, -0.05) is 166 Å². The molecule has 12 aromatic rings. The molecule has 0 aliphatic heterocycles. The Morgan fingerprint density at radius 1 is 0.348 bits per heavy atom. The summed E-state index contributed by atoms with van der Waals surface area (Å²) in [6, 6.07) is 83.9. The molecule has 2 heterocycles. The number of benzene rings is 10. The smallest absolute Gasteiger partial charge is 0.135 e. The maximum Gasteiger partial charge on any atom is 0.135 e. The third-order valence-electron chi connectivity index (χ3n) is 14.0. The van der Waals surface area contributed by atoms with E-state index in [9.17, 15) is 0 Å². The summed E-state index contributed by atoms with van der Waals surface area (Å²) in [7, 11) is 0. The second kappa shape index (κ2) is 14.8. The first kappa shape index (κ1) is 38.1. The third kappa shape index (κ3) is 6.04. The topological polar surface area (TPSA) is 21.3 Å². The van der Waals surface area contributed by atoms with Crippen LogP contribution in [0.25, 0.3) is 93.9 Å². The molecule has 10 aromatic carbocycles. The lowest BCUT2D eigenvalue weighted by Crippen LogP contribution is -2.17. The van der Waals surface area contributed by atoms with Gasteiger partial charge in [0.05, 0.1) is 11.0 Å². The normalized spacial score (nSPS) is 12.8. The molecule has 0 bridgehead atoms. The van der Waals surface area contributed by atoms with Crippen molar-refractivity contribution in [1.29, 1.82) is 0 Å². The average Bonchev–Trinajstić information content (AvgIpc) is 3.99. The fourth-order valence-electron chi connectivity index (χ4n) is 10.6. The summed E-state index contributed by atoms with van der Waals surface area (Å²) in [5.41, 5.74) is 20.9. The lowest BCUT2D eigenvalue weighted by molar-refractivity contribution is 0.660. The molecule has 0 saturated heterocycles. The van der Waals surface area contributed by atoms with Gasteiger partial charge in [-0.05, 0) is 134 Å². The largest absolute Gasteiger partial charge is 0.456 e. The second-order valence-corrected chi connectivity index (χ2v) is 18.1. The van der Waals surface area contributed by atoms with Crippen LogP contribution in [-0.4, -0.2) is 4.57 Å². The van der Waals surface area contributed by atoms with E-state index in [0.717, 1.165) is 50.1 Å². The van der Waals surface area contributed by atoms with Gasteiger partial charge in [0.25, 0.3) is 0 Å². The minimum atomic E-state index is -0.239. The van der Waals surface area contributed by atoms with E-state index in [4.69, 9.17) is 4.42 Å². The van der Waals surface area contributed by atoms with Gasteiger partial charge in [-0.15, -0.1) is 0 Å². The molecule has 0 fully saturated rings. The van der Waals surface area contributed by atoms with Gasteiger partial charge in [0.15, 0.2) is 0 Å². The van der Waals surface area contributed by atoms with E-state index in [2.05, 4.69) is 242 Å². The molecule has 0 spiro atoms. The fraction of sp³-hybridized carbons (Fsp3) is 0.0476. The van der Waals surface area contributed by atoms with E-state index in [0.29, 0.717) is 0 Å². The first-order valence-corrected chi connectivity index (χ1v) is 22.8. The highest BCUT2D eigenvalue weighted by Gasteiger charge is 2.36. The molecule has 1 aliphatic carbocycles.